The lowest BCUT2D eigenvalue weighted by atomic mass is 10.2. The molecule has 0 bridgehead atoms. The molecule has 6 nitrogen and oxygen atoms in total. The lowest BCUT2D eigenvalue weighted by Crippen LogP contribution is -2.41. The minimum atomic E-state index is -3.70. The molecule has 1 N–H and O–H groups in total. The van der Waals surface area contributed by atoms with E-state index in [1.165, 1.54) is 31.6 Å². The van der Waals surface area contributed by atoms with Crippen LogP contribution in [0.3, 0.4) is 0 Å². The fraction of sp³-hybridized carbons (Fsp3) is 0.571. The molecule has 0 amide bonds. The Labute approximate surface area is 125 Å². The van der Waals surface area contributed by atoms with Gasteiger partial charge in [0.25, 0.3) is 0 Å². The predicted molar refractivity (Wildman–Crippen MR) is 78.3 cm³/mol. The molecule has 1 aromatic rings. The molecular weight excluding hydrogens is 294 g/mol. The van der Waals surface area contributed by atoms with Gasteiger partial charge in [0.15, 0.2) is 11.5 Å². The summed E-state index contributed by atoms with van der Waals surface area (Å²) in [7, 11) is 0.776. The molecule has 7 heteroatoms. The van der Waals surface area contributed by atoms with Crippen molar-refractivity contribution in [2.75, 3.05) is 27.9 Å². The van der Waals surface area contributed by atoms with Gasteiger partial charge in [-0.15, -0.1) is 0 Å². The van der Waals surface area contributed by atoms with Gasteiger partial charge in [-0.1, -0.05) is 0 Å². The maximum atomic E-state index is 12.8. The first-order chi connectivity index (χ1) is 9.82. The molecule has 118 valence electrons. The van der Waals surface area contributed by atoms with Crippen molar-refractivity contribution in [1.82, 2.24) is 4.31 Å². The van der Waals surface area contributed by atoms with Crippen LogP contribution in [0, 0.1) is 6.92 Å². The van der Waals surface area contributed by atoms with Crippen molar-refractivity contribution in [3.8, 4) is 11.5 Å². The van der Waals surface area contributed by atoms with E-state index in [4.69, 9.17) is 9.47 Å². The number of nitrogens with zero attached hydrogens (tertiary/aromatic N) is 1. The molecule has 21 heavy (non-hydrogen) atoms. The highest BCUT2D eigenvalue weighted by molar-refractivity contribution is 7.89. The van der Waals surface area contributed by atoms with Crippen LogP contribution in [0.1, 0.15) is 18.4 Å². The van der Waals surface area contributed by atoms with E-state index < -0.39 is 15.6 Å². The molecule has 1 saturated carbocycles. The molecule has 0 aliphatic heterocycles. The molecule has 1 aromatic carbocycles. The molecule has 2 rings (SSSR count). The van der Waals surface area contributed by atoms with Crippen molar-refractivity contribution in [2.45, 2.75) is 30.2 Å². The van der Waals surface area contributed by atoms with Gasteiger partial charge in [-0.25, -0.2) is 8.42 Å². The molecule has 0 saturated heterocycles. The second-order valence-corrected chi connectivity index (χ2v) is 7.27. The molecular formula is C14H21NO5S. The number of sulfonamides is 1. The molecule has 0 atom stereocenters. The maximum Gasteiger partial charge on any atom is 0.243 e. The number of aryl methyl sites for hydroxylation is 1. The highest BCUT2D eigenvalue weighted by Crippen LogP contribution is 2.44. The monoisotopic (exact) mass is 315 g/mol. The van der Waals surface area contributed by atoms with Crippen LogP contribution in [-0.4, -0.2) is 51.2 Å². The zero-order chi connectivity index (χ0) is 15.8. The maximum absolute atomic E-state index is 12.8. The summed E-state index contributed by atoms with van der Waals surface area (Å²) in [5.74, 6) is 0.851. The zero-order valence-corrected chi connectivity index (χ0v) is 13.5. The third kappa shape index (κ3) is 2.61. The van der Waals surface area contributed by atoms with Gasteiger partial charge < -0.3 is 14.6 Å². The molecule has 0 aromatic heterocycles. The van der Waals surface area contributed by atoms with Crippen LogP contribution in [0.5, 0.6) is 11.5 Å². The van der Waals surface area contributed by atoms with Gasteiger partial charge in [-0.05, 0) is 31.4 Å². The third-order valence-electron chi connectivity index (χ3n) is 4.11. The predicted octanol–water partition coefficient (Wildman–Crippen LogP) is 1.16. The Hall–Kier alpha value is -1.31. The number of aliphatic hydroxyl groups is 1. The molecule has 1 aliphatic rings. The first-order valence-electron chi connectivity index (χ1n) is 6.65. The van der Waals surface area contributed by atoms with Gasteiger partial charge in [0.05, 0.1) is 31.3 Å². The van der Waals surface area contributed by atoms with E-state index in [2.05, 4.69) is 0 Å². The first-order valence-corrected chi connectivity index (χ1v) is 8.09. The molecule has 1 fully saturated rings. The van der Waals surface area contributed by atoms with Gasteiger partial charge in [0.1, 0.15) is 0 Å². The number of hydrogen-bond acceptors (Lipinski definition) is 5. The van der Waals surface area contributed by atoms with E-state index in [1.54, 1.807) is 13.0 Å². The van der Waals surface area contributed by atoms with Crippen LogP contribution in [0.25, 0.3) is 0 Å². The Kier molecular flexibility index (Phi) is 4.19. The zero-order valence-electron chi connectivity index (χ0n) is 12.7. The molecule has 1 aliphatic carbocycles. The molecule has 0 unspecified atom stereocenters. The summed E-state index contributed by atoms with van der Waals surface area (Å²) < 4.78 is 37.2. The third-order valence-corrected chi connectivity index (χ3v) is 6.21. The van der Waals surface area contributed by atoms with Gasteiger partial charge in [-0.2, -0.15) is 4.31 Å². The highest BCUT2D eigenvalue weighted by atomic mass is 32.2. The number of rotatable bonds is 6. The minimum Gasteiger partial charge on any atom is -0.493 e. The summed E-state index contributed by atoms with van der Waals surface area (Å²) in [6, 6.07) is 3.10. The fourth-order valence-electron chi connectivity index (χ4n) is 2.36. The molecule has 0 spiro atoms. The summed E-state index contributed by atoms with van der Waals surface area (Å²) >= 11 is 0. The summed E-state index contributed by atoms with van der Waals surface area (Å²) in [5.41, 5.74) is -0.0773. The van der Waals surface area contributed by atoms with Crippen LogP contribution in [0.2, 0.25) is 0 Å². The van der Waals surface area contributed by atoms with Crippen molar-refractivity contribution in [2.24, 2.45) is 0 Å². The first kappa shape index (κ1) is 16.1. The molecule has 0 heterocycles. The number of aliphatic hydroxyl groups excluding tert-OH is 1. The van der Waals surface area contributed by atoms with E-state index >= 15 is 0 Å². The molecule has 0 radical (unpaired) electrons. The van der Waals surface area contributed by atoms with Crippen molar-refractivity contribution in [1.29, 1.82) is 0 Å². The summed E-state index contributed by atoms with van der Waals surface area (Å²) in [4.78, 5) is 0.169. The second-order valence-electron chi connectivity index (χ2n) is 5.33. The SMILES string of the molecule is COc1cc(C)c(S(=O)(=O)N(C)C2(CO)CC2)cc1OC. The smallest absolute Gasteiger partial charge is 0.243 e. The van der Waals surface area contributed by atoms with Crippen molar-refractivity contribution in [3.63, 3.8) is 0 Å². The lowest BCUT2D eigenvalue weighted by molar-refractivity contribution is 0.187. The number of hydrogen-bond donors (Lipinski definition) is 1. The van der Waals surface area contributed by atoms with E-state index in [1.807, 2.05) is 0 Å². The van der Waals surface area contributed by atoms with E-state index in [0.717, 1.165) is 0 Å². The van der Waals surface area contributed by atoms with Gasteiger partial charge in [0.2, 0.25) is 10.0 Å². The Bertz CT molecular complexity index is 637. The van der Waals surface area contributed by atoms with E-state index in [-0.39, 0.29) is 11.5 Å². The van der Waals surface area contributed by atoms with Crippen LogP contribution in [0.4, 0.5) is 0 Å². The number of benzene rings is 1. The Balaban J connectivity index is 2.50. The number of likely N-dealkylation sites (N-methyl/N-ethyl adjacent to an activating group) is 1. The Morgan fingerprint density at radius 3 is 2.19 bits per heavy atom. The second kappa shape index (κ2) is 5.47. The average molecular weight is 315 g/mol. The van der Waals surface area contributed by atoms with Gasteiger partial charge >= 0.3 is 0 Å². The fourth-order valence-corrected chi connectivity index (χ4v) is 4.13. The minimum absolute atomic E-state index is 0.169. The largest absolute Gasteiger partial charge is 0.493 e. The summed E-state index contributed by atoms with van der Waals surface area (Å²) in [6.07, 6.45) is 1.34. The number of methoxy groups -OCH3 is 2. The van der Waals surface area contributed by atoms with Gasteiger partial charge in [0, 0.05) is 13.1 Å². The quantitative estimate of drug-likeness (QED) is 0.852. The highest BCUT2D eigenvalue weighted by Gasteiger charge is 2.51. The van der Waals surface area contributed by atoms with E-state index in [9.17, 15) is 13.5 Å². The number of ether oxygens (including phenoxy) is 2. The van der Waals surface area contributed by atoms with E-state index in [0.29, 0.717) is 29.9 Å². The van der Waals surface area contributed by atoms with Crippen molar-refractivity contribution < 1.29 is 23.0 Å². The Morgan fingerprint density at radius 2 is 1.76 bits per heavy atom. The van der Waals surface area contributed by atoms with Crippen molar-refractivity contribution >= 4 is 10.0 Å². The van der Waals surface area contributed by atoms with Crippen molar-refractivity contribution in [3.05, 3.63) is 17.7 Å². The van der Waals surface area contributed by atoms with Crippen LogP contribution < -0.4 is 9.47 Å². The normalized spacial score (nSPS) is 16.9. The standard InChI is InChI=1S/C14H21NO5S/c1-10-7-11(19-3)12(20-4)8-13(10)21(17,18)15(2)14(9-16)5-6-14/h7-8,16H,5-6,9H2,1-4H3. The Morgan fingerprint density at radius 1 is 1.24 bits per heavy atom. The average Bonchev–Trinajstić information content (AvgIpc) is 3.26. The van der Waals surface area contributed by atoms with Crippen LogP contribution in [-0.2, 0) is 10.0 Å². The van der Waals surface area contributed by atoms with Crippen LogP contribution in [0.15, 0.2) is 17.0 Å². The summed E-state index contributed by atoms with van der Waals surface area (Å²) in [5, 5.41) is 9.44. The lowest BCUT2D eigenvalue weighted by Gasteiger charge is -2.26. The van der Waals surface area contributed by atoms with Gasteiger partial charge in [-0.3, -0.25) is 0 Å². The topological polar surface area (TPSA) is 76.1 Å². The van der Waals surface area contributed by atoms with Crippen LogP contribution >= 0.6 is 0 Å². The summed E-state index contributed by atoms with van der Waals surface area (Å²) in [6.45, 7) is 1.54.